The van der Waals surface area contributed by atoms with E-state index in [0.29, 0.717) is 35.8 Å². The van der Waals surface area contributed by atoms with Crippen molar-refractivity contribution in [3.8, 4) is 17.2 Å². The number of fused-ring (bicyclic) bond motifs is 1. The van der Waals surface area contributed by atoms with E-state index in [1.54, 1.807) is 42.5 Å². The molecule has 170 valence electrons. The van der Waals surface area contributed by atoms with Gasteiger partial charge in [-0.05, 0) is 66.4 Å². The normalized spacial score (nSPS) is 16.6. The number of ketones is 1. The Labute approximate surface area is 188 Å². The number of carbonyl (C=O) groups is 1. The third-order valence-corrected chi connectivity index (χ3v) is 5.02. The lowest BCUT2D eigenvalue weighted by Gasteiger charge is -2.33. The Bertz CT molecular complexity index is 1150. The van der Waals surface area contributed by atoms with Gasteiger partial charge in [0, 0.05) is 17.0 Å². The lowest BCUT2D eigenvalue weighted by atomic mass is 10.0. The lowest BCUT2D eigenvalue weighted by Crippen LogP contribution is -2.51. The van der Waals surface area contributed by atoms with Crippen molar-refractivity contribution in [3.05, 3.63) is 69.9 Å². The van der Waals surface area contributed by atoms with Gasteiger partial charge in [0.05, 0.1) is 12.2 Å². The standard InChI is InChI=1S/C21H22N8O4/c22-21(20-25-28-29-26-20)13-32-17-6-4-5-16(19(17)33-21)18(30)14-7-9-15(10-8-14)31-12-3-1-2-11-24-27-23/h4-10H,1-3,11-13,22H2,(H,25,26,28,29). The van der Waals surface area contributed by atoms with Crippen LogP contribution in [-0.4, -0.2) is 46.2 Å². The molecule has 12 heteroatoms. The first kappa shape index (κ1) is 22.1. The van der Waals surface area contributed by atoms with Crippen LogP contribution in [0.4, 0.5) is 0 Å². The van der Waals surface area contributed by atoms with E-state index in [1.807, 2.05) is 0 Å². The minimum absolute atomic E-state index is 0.0330. The maximum Gasteiger partial charge on any atom is 0.257 e. The number of H-pyrrole nitrogens is 1. The van der Waals surface area contributed by atoms with E-state index in [0.717, 1.165) is 19.3 Å². The number of nitrogens with zero attached hydrogens (tertiary/aromatic N) is 6. The molecule has 1 atom stereocenters. The van der Waals surface area contributed by atoms with Gasteiger partial charge >= 0.3 is 0 Å². The number of azide groups is 1. The zero-order chi connectivity index (χ0) is 23.1. The number of tetrazole rings is 1. The summed E-state index contributed by atoms with van der Waals surface area (Å²) in [6.45, 7) is 0.996. The number of hydrogen-bond donors (Lipinski definition) is 2. The molecule has 1 aliphatic rings. The first-order valence-corrected chi connectivity index (χ1v) is 10.4. The summed E-state index contributed by atoms with van der Waals surface area (Å²) in [4.78, 5) is 15.9. The number of hydrogen-bond acceptors (Lipinski definition) is 9. The number of para-hydroxylation sites is 1. The molecule has 2 heterocycles. The topological polar surface area (TPSA) is 174 Å². The molecule has 0 aliphatic carbocycles. The van der Waals surface area contributed by atoms with Crippen molar-refractivity contribution in [2.45, 2.75) is 25.0 Å². The van der Waals surface area contributed by atoms with Crippen molar-refractivity contribution >= 4 is 5.78 Å². The Kier molecular flexibility index (Phi) is 6.67. The quantitative estimate of drug-likeness (QED) is 0.156. The summed E-state index contributed by atoms with van der Waals surface area (Å²) in [6.07, 6.45) is 2.57. The van der Waals surface area contributed by atoms with Crippen molar-refractivity contribution in [1.82, 2.24) is 20.6 Å². The fourth-order valence-corrected chi connectivity index (χ4v) is 3.32. The minimum Gasteiger partial charge on any atom is -0.494 e. The second-order valence-corrected chi connectivity index (χ2v) is 7.37. The van der Waals surface area contributed by atoms with Gasteiger partial charge in [-0.3, -0.25) is 10.5 Å². The molecule has 3 N–H and O–H groups in total. The average Bonchev–Trinajstić information content (AvgIpc) is 3.39. The zero-order valence-electron chi connectivity index (χ0n) is 17.7. The molecule has 0 saturated heterocycles. The Hall–Kier alpha value is -4.15. The number of aromatic amines is 1. The molecule has 12 nitrogen and oxygen atoms in total. The fourth-order valence-electron chi connectivity index (χ4n) is 3.32. The van der Waals surface area contributed by atoms with Crippen LogP contribution in [0, 0.1) is 0 Å². The Morgan fingerprint density at radius 2 is 2.09 bits per heavy atom. The molecule has 0 fully saturated rings. The third kappa shape index (κ3) is 5.03. The van der Waals surface area contributed by atoms with Crippen LogP contribution in [-0.2, 0) is 5.72 Å². The van der Waals surface area contributed by atoms with Crippen LogP contribution in [0.2, 0.25) is 0 Å². The van der Waals surface area contributed by atoms with Gasteiger partial charge in [0.25, 0.3) is 5.72 Å². The molecule has 0 saturated carbocycles. The summed E-state index contributed by atoms with van der Waals surface area (Å²) in [5.74, 6) is 1.16. The number of nitrogens with two attached hydrogens (primary N) is 1. The molecule has 4 rings (SSSR count). The van der Waals surface area contributed by atoms with Crippen LogP contribution in [0.5, 0.6) is 17.2 Å². The maximum absolute atomic E-state index is 13.2. The highest BCUT2D eigenvalue weighted by Gasteiger charge is 2.41. The smallest absolute Gasteiger partial charge is 0.257 e. The van der Waals surface area contributed by atoms with Crippen LogP contribution < -0.4 is 19.9 Å². The second-order valence-electron chi connectivity index (χ2n) is 7.37. The van der Waals surface area contributed by atoms with Crippen LogP contribution >= 0.6 is 0 Å². The van der Waals surface area contributed by atoms with Crippen LogP contribution in [0.25, 0.3) is 10.4 Å². The van der Waals surface area contributed by atoms with Crippen molar-refractivity contribution in [1.29, 1.82) is 0 Å². The monoisotopic (exact) mass is 450 g/mol. The lowest BCUT2D eigenvalue weighted by molar-refractivity contribution is -0.0154. The van der Waals surface area contributed by atoms with Crippen LogP contribution in [0.3, 0.4) is 0 Å². The Morgan fingerprint density at radius 3 is 2.85 bits per heavy atom. The second kappa shape index (κ2) is 9.98. The summed E-state index contributed by atoms with van der Waals surface area (Å²) in [6, 6.07) is 11.9. The van der Waals surface area contributed by atoms with Crippen molar-refractivity contribution < 1.29 is 19.0 Å². The molecule has 0 spiro atoms. The molecule has 1 unspecified atom stereocenters. The molecule has 1 aromatic heterocycles. The van der Waals surface area contributed by atoms with Gasteiger partial charge in [-0.1, -0.05) is 11.2 Å². The SMILES string of the molecule is [N-]=[N+]=NCCCCCOc1ccc(C(=O)c2cccc3c2OC(N)(c2nn[nH]n2)CO3)cc1. The van der Waals surface area contributed by atoms with E-state index in [4.69, 9.17) is 25.5 Å². The van der Waals surface area contributed by atoms with E-state index in [-0.39, 0.29) is 24.0 Å². The van der Waals surface area contributed by atoms with Gasteiger partial charge in [-0.25, -0.2) is 0 Å². The van der Waals surface area contributed by atoms with Crippen molar-refractivity contribution in [3.63, 3.8) is 0 Å². The first-order valence-electron chi connectivity index (χ1n) is 10.4. The number of rotatable bonds is 10. The van der Waals surface area contributed by atoms with Crippen LogP contribution in [0.15, 0.2) is 47.6 Å². The number of carbonyl (C=O) groups excluding carboxylic acids is 1. The van der Waals surface area contributed by atoms with Gasteiger partial charge < -0.3 is 14.2 Å². The highest BCUT2D eigenvalue weighted by molar-refractivity contribution is 6.11. The van der Waals surface area contributed by atoms with E-state index in [9.17, 15) is 4.79 Å². The van der Waals surface area contributed by atoms with E-state index in [1.165, 1.54) is 0 Å². The van der Waals surface area contributed by atoms with Gasteiger partial charge in [0.15, 0.2) is 17.3 Å². The minimum atomic E-state index is -1.48. The molecule has 1 aliphatic heterocycles. The molecular formula is C21H22N8O4. The summed E-state index contributed by atoms with van der Waals surface area (Å²) in [5, 5.41) is 17.1. The summed E-state index contributed by atoms with van der Waals surface area (Å²) < 4.78 is 17.4. The molecule has 0 radical (unpaired) electrons. The van der Waals surface area contributed by atoms with Crippen molar-refractivity contribution in [2.75, 3.05) is 19.8 Å². The third-order valence-electron chi connectivity index (χ3n) is 5.02. The molecule has 33 heavy (non-hydrogen) atoms. The number of aromatic nitrogens is 4. The Morgan fingerprint density at radius 1 is 1.24 bits per heavy atom. The average molecular weight is 450 g/mol. The van der Waals surface area contributed by atoms with Gasteiger partial charge in [-0.2, -0.15) is 5.21 Å². The van der Waals surface area contributed by atoms with Gasteiger partial charge in [-0.15, -0.1) is 10.2 Å². The molecule has 2 aromatic carbocycles. The van der Waals surface area contributed by atoms with E-state index < -0.39 is 5.72 Å². The molecule has 0 bridgehead atoms. The predicted molar refractivity (Wildman–Crippen MR) is 116 cm³/mol. The summed E-state index contributed by atoms with van der Waals surface area (Å²) in [7, 11) is 0. The van der Waals surface area contributed by atoms with Gasteiger partial charge in [0.2, 0.25) is 5.82 Å². The molecule has 3 aromatic rings. The number of ether oxygens (including phenoxy) is 3. The summed E-state index contributed by atoms with van der Waals surface area (Å²) >= 11 is 0. The highest BCUT2D eigenvalue weighted by Crippen LogP contribution is 2.40. The summed E-state index contributed by atoms with van der Waals surface area (Å²) in [5.41, 5.74) is 13.8. The Balaban J connectivity index is 1.42. The predicted octanol–water partition coefficient (Wildman–Crippen LogP) is 2.87. The van der Waals surface area contributed by atoms with E-state index in [2.05, 4.69) is 30.7 Å². The number of nitrogens with one attached hydrogen (secondary N) is 1. The molecular weight excluding hydrogens is 428 g/mol. The van der Waals surface area contributed by atoms with Crippen molar-refractivity contribution in [2.24, 2.45) is 10.8 Å². The zero-order valence-corrected chi connectivity index (χ0v) is 17.7. The fraction of sp³-hybridized carbons (Fsp3) is 0.333. The largest absolute Gasteiger partial charge is 0.494 e. The molecule has 0 amide bonds. The highest BCUT2D eigenvalue weighted by atomic mass is 16.6. The van der Waals surface area contributed by atoms with Gasteiger partial charge in [0.1, 0.15) is 12.4 Å². The number of unbranched alkanes of at least 4 members (excludes halogenated alkanes) is 2. The maximum atomic E-state index is 13.2. The number of benzene rings is 2. The van der Waals surface area contributed by atoms with E-state index >= 15 is 0 Å². The first-order chi connectivity index (χ1) is 16.1. The van der Waals surface area contributed by atoms with Crippen LogP contribution in [0.1, 0.15) is 41.0 Å².